The molecule has 0 saturated heterocycles. The van der Waals surface area contributed by atoms with Gasteiger partial charge in [0, 0.05) is 5.39 Å². The lowest BCUT2D eigenvalue weighted by Crippen LogP contribution is -2.26. The normalized spacial score (nSPS) is 10.4. The van der Waals surface area contributed by atoms with Crippen LogP contribution in [0.15, 0.2) is 70.8 Å². The predicted octanol–water partition coefficient (Wildman–Crippen LogP) is 3.11. The number of rotatable bonds is 5. The first-order valence-electron chi connectivity index (χ1n) is 9.10. The third-order valence-corrected chi connectivity index (χ3v) is 5.20. The number of esters is 1. The molecule has 4 rings (SSSR count). The molecular weight excluding hydrogens is 416 g/mol. The number of nitrogens with zero attached hydrogens (tertiary/aromatic N) is 3. The summed E-state index contributed by atoms with van der Waals surface area (Å²) in [4.78, 5) is 37.8. The van der Waals surface area contributed by atoms with Gasteiger partial charge in [0.05, 0.1) is 16.6 Å². The van der Waals surface area contributed by atoms with Gasteiger partial charge in [-0.05, 0) is 29.6 Å². The fourth-order valence-corrected chi connectivity index (χ4v) is 3.69. The van der Waals surface area contributed by atoms with Crippen LogP contribution in [0.4, 0.5) is 5.00 Å². The Kier molecular flexibility index (Phi) is 5.55. The molecule has 0 radical (unpaired) electrons. The highest BCUT2D eigenvalue weighted by atomic mass is 32.1. The summed E-state index contributed by atoms with van der Waals surface area (Å²) in [7, 11) is 0. The highest BCUT2D eigenvalue weighted by molar-refractivity contribution is 7.14. The van der Waals surface area contributed by atoms with Crippen molar-refractivity contribution >= 4 is 39.0 Å². The summed E-state index contributed by atoms with van der Waals surface area (Å²) in [6.07, 6.45) is 0. The predicted molar refractivity (Wildman–Crippen MR) is 115 cm³/mol. The number of hydrogen-bond donors (Lipinski definition) is 1. The molecule has 0 spiro atoms. The molecule has 9 heteroatoms. The van der Waals surface area contributed by atoms with E-state index in [0.717, 1.165) is 4.68 Å². The topological polar surface area (TPSA) is 114 Å². The summed E-state index contributed by atoms with van der Waals surface area (Å²) < 4.78 is 6.27. The zero-order valence-corrected chi connectivity index (χ0v) is 16.8. The summed E-state index contributed by atoms with van der Waals surface area (Å²) in [6, 6.07) is 18.8. The smallest absolute Gasteiger partial charge is 0.359 e. The van der Waals surface area contributed by atoms with Gasteiger partial charge in [0.15, 0.2) is 12.3 Å². The van der Waals surface area contributed by atoms with Gasteiger partial charge in [0.2, 0.25) is 0 Å². The standard InChI is InChI=1S/C22H14N4O4S/c23-12-14-10-11-31-20(14)24-18(27)13-30-22(29)19-16-8-4-5-9-17(16)21(28)26(25-19)15-6-2-1-3-7-15/h1-11H,13H2,(H,24,27). The van der Waals surface area contributed by atoms with Crippen molar-refractivity contribution in [1.29, 1.82) is 5.26 Å². The molecule has 0 saturated carbocycles. The first-order chi connectivity index (χ1) is 15.1. The largest absolute Gasteiger partial charge is 0.451 e. The van der Waals surface area contributed by atoms with Crippen molar-refractivity contribution < 1.29 is 14.3 Å². The van der Waals surface area contributed by atoms with Crippen molar-refractivity contribution in [2.24, 2.45) is 0 Å². The molecule has 0 bridgehead atoms. The molecule has 0 aliphatic rings. The Morgan fingerprint density at radius 2 is 1.77 bits per heavy atom. The zero-order chi connectivity index (χ0) is 21.8. The average molecular weight is 430 g/mol. The lowest BCUT2D eigenvalue weighted by molar-refractivity contribution is -0.119. The van der Waals surface area contributed by atoms with E-state index in [0.29, 0.717) is 27.0 Å². The molecule has 0 atom stereocenters. The molecule has 0 aliphatic carbocycles. The minimum Gasteiger partial charge on any atom is -0.451 e. The fraction of sp³-hybridized carbons (Fsp3) is 0.0455. The van der Waals surface area contributed by atoms with Gasteiger partial charge >= 0.3 is 5.97 Å². The van der Waals surface area contributed by atoms with Crippen LogP contribution in [0.1, 0.15) is 16.1 Å². The van der Waals surface area contributed by atoms with E-state index in [1.54, 1.807) is 66.0 Å². The molecule has 0 aliphatic heterocycles. The number of para-hydroxylation sites is 1. The lowest BCUT2D eigenvalue weighted by Gasteiger charge is -2.11. The summed E-state index contributed by atoms with van der Waals surface area (Å²) >= 11 is 1.19. The molecule has 1 N–H and O–H groups in total. The first-order valence-corrected chi connectivity index (χ1v) is 9.98. The molecule has 1 amide bonds. The lowest BCUT2D eigenvalue weighted by atomic mass is 10.1. The number of carbonyl (C=O) groups excluding carboxylic acids is 2. The SMILES string of the molecule is N#Cc1ccsc1NC(=O)COC(=O)c1nn(-c2ccccc2)c(=O)c2ccccc12. The van der Waals surface area contributed by atoms with Gasteiger partial charge in [-0.15, -0.1) is 11.3 Å². The number of fused-ring (bicyclic) bond motifs is 1. The van der Waals surface area contributed by atoms with E-state index in [2.05, 4.69) is 10.4 Å². The molecular formula is C22H14N4O4S. The molecule has 2 heterocycles. The van der Waals surface area contributed by atoms with E-state index in [-0.39, 0.29) is 11.3 Å². The molecule has 0 fully saturated rings. The first kappa shape index (κ1) is 20.0. The van der Waals surface area contributed by atoms with E-state index < -0.39 is 18.5 Å². The van der Waals surface area contributed by atoms with Gasteiger partial charge in [0.25, 0.3) is 11.5 Å². The summed E-state index contributed by atoms with van der Waals surface area (Å²) in [5, 5.41) is 18.4. The number of anilines is 1. The molecule has 0 unspecified atom stereocenters. The Bertz CT molecular complexity index is 1390. The maximum Gasteiger partial charge on any atom is 0.359 e. The number of ether oxygens (including phenoxy) is 1. The summed E-state index contributed by atoms with van der Waals surface area (Å²) in [5.41, 5.74) is 0.359. The van der Waals surface area contributed by atoms with Crippen LogP contribution in [0.5, 0.6) is 0 Å². The highest BCUT2D eigenvalue weighted by Gasteiger charge is 2.20. The number of nitriles is 1. The van der Waals surface area contributed by atoms with Crippen molar-refractivity contribution in [3.63, 3.8) is 0 Å². The minimum atomic E-state index is -0.845. The number of amides is 1. The van der Waals surface area contributed by atoms with E-state index in [4.69, 9.17) is 10.00 Å². The van der Waals surface area contributed by atoms with Gasteiger partial charge in [-0.3, -0.25) is 9.59 Å². The van der Waals surface area contributed by atoms with E-state index in [1.807, 2.05) is 6.07 Å². The van der Waals surface area contributed by atoms with Crippen molar-refractivity contribution in [2.75, 3.05) is 11.9 Å². The monoisotopic (exact) mass is 430 g/mol. The van der Waals surface area contributed by atoms with Crippen LogP contribution in [-0.4, -0.2) is 28.3 Å². The molecule has 152 valence electrons. The second-order valence-corrected chi connectivity index (χ2v) is 7.26. The number of hydrogen-bond acceptors (Lipinski definition) is 7. The van der Waals surface area contributed by atoms with Crippen LogP contribution in [-0.2, 0) is 9.53 Å². The second kappa shape index (κ2) is 8.61. The third kappa shape index (κ3) is 4.05. The van der Waals surface area contributed by atoms with Crippen molar-refractivity contribution in [3.05, 3.63) is 87.7 Å². The number of aromatic nitrogens is 2. The Labute approximate surface area is 179 Å². The van der Waals surface area contributed by atoms with Crippen molar-refractivity contribution in [2.45, 2.75) is 0 Å². The average Bonchev–Trinajstić information content (AvgIpc) is 3.25. The maximum atomic E-state index is 12.9. The van der Waals surface area contributed by atoms with Crippen LogP contribution in [0.25, 0.3) is 16.5 Å². The molecule has 2 aromatic heterocycles. The molecule has 8 nitrogen and oxygen atoms in total. The second-order valence-electron chi connectivity index (χ2n) is 6.35. The number of benzene rings is 2. The highest BCUT2D eigenvalue weighted by Crippen LogP contribution is 2.22. The van der Waals surface area contributed by atoms with Gasteiger partial charge in [0.1, 0.15) is 11.1 Å². The van der Waals surface area contributed by atoms with Crippen LogP contribution >= 0.6 is 11.3 Å². The third-order valence-electron chi connectivity index (χ3n) is 4.37. The molecule has 31 heavy (non-hydrogen) atoms. The Morgan fingerprint density at radius 3 is 2.52 bits per heavy atom. The van der Waals surface area contributed by atoms with Gasteiger partial charge in [-0.25, -0.2) is 4.79 Å². The number of thiophene rings is 1. The van der Waals surface area contributed by atoms with Gasteiger partial charge < -0.3 is 10.1 Å². The summed E-state index contributed by atoms with van der Waals surface area (Å²) in [5.74, 6) is -1.43. The van der Waals surface area contributed by atoms with Gasteiger partial charge in [-0.2, -0.15) is 15.0 Å². The quantitative estimate of drug-likeness (QED) is 0.487. The number of carbonyl (C=O) groups is 2. The Morgan fingerprint density at radius 1 is 1.06 bits per heavy atom. The maximum absolute atomic E-state index is 12.9. The van der Waals surface area contributed by atoms with Crippen molar-refractivity contribution in [1.82, 2.24) is 9.78 Å². The van der Waals surface area contributed by atoms with Crippen LogP contribution < -0.4 is 10.9 Å². The van der Waals surface area contributed by atoms with Crippen LogP contribution in [0, 0.1) is 11.3 Å². The van der Waals surface area contributed by atoms with E-state index in [1.165, 1.54) is 11.3 Å². The zero-order valence-electron chi connectivity index (χ0n) is 15.9. The molecule has 4 aromatic rings. The minimum absolute atomic E-state index is 0.0827. The van der Waals surface area contributed by atoms with E-state index >= 15 is 0 Å². The Balaban J connectivity index is 1.62. The van der Waals surface area contributed by atoms with E-state index in [9.17, 15) is 14.4 Å². The van der Waals surface area contributed by atoms with Crippen molar-refractivity contribution in [3.8, 4) is 11.8 Å². The van der Waals surface area contributed by atoms with Crippen LogP contribution in [0.2, 0.25) is 0 Å². The fourth-order valence-electron chi connectivity index (χ4n) is 2.94. The van der Waals surface area contributed by atoms with Gasteiger partial charge in [-0.1, -0.05) is 36.4 Å². The number of nitrogens with one attached hydrogen (secondary N) is 1. The summed E-state index contributed by atoms with van der Waals surface area (Å²) in [6.45, 7) is -0.567. The Hall–Kier alpha value is -4.29. The molecule has 2 aromatic carbocycles. The van der Waals surface area contributed by atoms with Crippen LogP contribution in [0.3, 0.4) is 0 Å².